The van der Waals surface area contributed by atoms with Crippen molar-refractivity contribution in [1.82, 2.24) is 9.61 Å². The van der Waals surface area contributed by atoms with Crippen LogP contribution in [0.25, 0.3) is 5.52 Å². The van der Waals surface area contributed by atoms with E-state index < -0.39 is 0 Å². The maximum atomic E-state index is 10.8. The summed E-state index contributed by atoms with van der Waals surface area (Å²) in [6.45, 7) is 0. The van der Waals surface area contributed by atoms with Gasteiger partial charge in [-0.3, -0.25) is 14.4 Å². The van der Waals surface area contributed by atoms with Crippen LogP contribution < -0.4 is 5.56 Å². The topological polar surface area (TPSA) is 61.1 Å². The van der Waals surface area contributed by atoms with Crippen LogP contribution in [-0.4, -0.2) is 9.61 Å². The molecule has 0 amide bonds. The summed E-state index contributed by atoms with van der Waals surface area (Å²) in [4.78, 5) is 10.8. The van der Waals surface area contributed by atoms with Crippen LogP contribution in [-0.2, 0) is 0 Å². The zero-order chi connectivity index (χ0) is 8.55. The summed E-state index contributed by atoms with van der Waals surface area (Å²) in [6, 6.07) is 6.85. The van der Waals surface area contributed by atoms with Crippen LogP contribution >= 0.6 is 0 Å². The smallest absolute Gasteiger partial charge is 0.264 e. The SMILES string of the molecule is N#Cc1ccc2cc(=O)[nH]n2c1. The molecule has 0 aliphatic carbocycles. The number of nitrogens with zero attached hydrogens (tertiary/aromatic N) is 2. The molecule has 0 saturated carbocycles. The Labute approximate surface area is 67.7 Å². The maximum Gasteiger partial charge on any atom is 0.264 e. The average Bonchev–Trinajstić information content (AvgIpc) is 2.43. The number of H-pyrrole nitrogens is 1. The Hall–Kier alpha value is -2.02. The van der Waals surface area contributed by atoms with Crippen molar-refractivity contribution in [2.75, 3.05) is 0 Å². The van der Waals surface area contributed by atoms with Crippen molar-refractivity contribution in [3.8, 4) is 6.07 Å². The Bertz CT molecular complexity index is 515. The lowest BCUT2D eigenvalue weighted by molar-refractivity contribution is 0.934. The van der Waals surface area contributed by atoms with E-state index in [1.54, 1.807) is 18.3 Å². The van der Waals surface area contributed by atoms with E-state index in [1.165, 1.54) is 10.6 Å². The molecule has 0 fully saturated rings. The first-order valence-electron chi connectivity index (χ1n) is 3.41. The van der Waals surface area contributed by atoms with Gasteiger partial charge in [0, 0.05) is 12.3 Å². The van der Waals surface area contributed by atoms with E-state index in [0.29, 0.717) is 5.56 Å². The number of aromatic amines is 1. The summed E-state index contributed by atoms with van der Waals surface area (Å²) in [5.41, 5.74) is 1.12. The van der Waals surface area contributed by atoms with Gasteiger partial charge in [-0.2, -0.15) is 5.26 Å². The van der Waals surface area contributed by atoms with Gasteiger partial charge >= 0.3 is 0 Å². The lowest BCUT2D eigenvalue weighted by Gasteiger charge is -1.92. The molecule has 0 radical (unpaired) electrons. The van der Waals surface area contributed by atoms with Gasteiger partial charge in [0.15, 0.2) is 0 Å². The number of nitriles is 1. The molecular formula is C8H5N3O. The summed E-state index contributed by atoms with van der Waals surface area (Å²) in [5.74, 6) is 0. The molecule has 0 bridgehead atoms. The molecule has 2 aromatic heterocycles. The first-order valence-corrected chi connectivity index (χ1v) is 3.41. The molecule has 4 heteroatoms. The number of aromatic nitrogens is 2. The van der Waals surface area contributed by atoms with Crippen molar-refractivity contribution < 1.29 is 0 Å². The van der Waals surface area contributed by atoms with Crippen LogP contribution in [0.3, 0.4) is 0 Å². The summed E-state index contributed by atoms with van der Waals surface area (Å²) < 4.78 is 1.53. The minimum atomic E-state index is -0.162. The molecule has 12 heavy (non-hydrogen) atoms. The van der Waals surface area contributed by atoms with Crippen molar-refractivity contribution in [2.24, 2.45) is 0 Å². The molecule has 0 saturated heterocycles. The molecule has 0 atom stereocenters. The van der Waals surface area contributed by atoms with Gasteiger partial charge in [0.25, 0.3) is 5.56 Å². The molecule has 0 spiro atoms. The van der Waals surface area contributed by atoms with Crippen LogP contribution in [0.5, 0.6) is 0 Å². The lowest BCUT2D eigenvalue weighted by Crippen LogP contribution is -1.98. The fourth-order valence-electron chi connectivity index (χ4n) is 1.08. The number of rotatable bonds is 0. The van der Waals surface area contributed by atoms with Crippen molar-refractivity contribution in [1.29, 1.82) is 5.26 Å². The van der Waals surface area contributed by atoms with Gasteiger partial charge in [0.05, 0.1) is 11.1 Å². The van der Waals surface area contributed by atoms with E-state index in [0.717, 1.165) is 5.52 Å². The average molecular weight is 159 g/mol. The fraction of sp³-hybridized carbons (Fsp3) is 0. The van der Waals surface area contributed by atoms with Crippen LogP contribution in [0.15, 0.2) is 29.2 Å². The highest BCUT2D eigenvalue weighted by Crippen LogP contribution is 2.01. The number of hydrogen-bond acceptors (Lipinski definition) is 2. The normalized spacial score (nSPS) is 9.92. The third-order valence-electron chi connectivity index (χ3n) is 1.62. The standard InChI is InChI=1S/C8H5N3O/c9-4-6-1-2-7-3-8(12)10-11(7)5-6/h1-3,5H,(H,10,12). The lowest BCUT2D eigenvalue weighted by atomic mass is 10.3. The molecule has 2 heterocycles. The molecule has 2 rings (SSSR count). The zero-order valence-electron chi connectivity index (χ0n) is 6.11. The highest BCUT2D eigenvalue weighted by Gasteiger charge is 1.95. The maximum absolute atomic E-state index is 10.8. The highest BCUT2D eigenvalue weighted by atomic mass is 16.1. The molecule has 0 unspecified atom stereocenters. The summed E-state index contributed by atoms with van der Waals surface area (Å²) in [5, 5.41) is 11.1. The summed E-state index contributed by atoms with van der Waals surface area (Å²) in [7, 11) is 0. The Morgan fingerprint density at radius 1 is 1.50 bits per heavy atom. The van der Waals surface area contributed by atoms with Gasteiger partial charge < -0.3 is 0 Å². The van der Waals surface area contributed by atoms with Gasteiger partial charge in [-0.05, 0) is 12.1 Å². The van der Waals surface area contributed by atoms with Crippen molar-refractivity contribution >= 4 is 5.52 Å². The first-order chi connectivity index (χ1) is 5.79. The van der Waals surface area contributed by atoms with E-state index in [4.69, 9.17) is 5.26 Å². The van der Waals surface area contributed by atoms with Crippen LogP contribution in [0.1, 0.15) is 5.56 Å². The van der Waals surface area contributed by atoms with Gasteiger partial charge in [-0.1, -0.05) is 0 Å². The minimum Gasteiger partial charge on any atom is -0.268 e. The monoisotopic (exact) mass is 159 g/mol. The summed E-state index contributed by atoms with van der Waals surface area (Å²) in [6.07, 6.45) is 1.58. The van der Waals surface area contributed by atoms with Crippen molar-refractivity contribution in [3.05, 3.63) is 40.3 Å². The molecular weight excluding hydrogens is 154 g/mol. The molecule has 0 aromatic carbocycles. The van der Waals surface area contributed by atoms with Gasteiger partial charge in [0.1, 0.15) is 6.07 Å². The highest BCUT2D eigenvalue weighted by molar-refractivity contribution is 5.47. The van der Waals surface area contributed by atoms with E-state index >= 15 is 0 Å². The van der Waals surface area contributed by atoms with Crippen LogP contribution in [0.2, 0.25) is 0 Å². The number of hydrogen-bond donors (Lipinski definition) is 1. The van der Waals surface area contributed by atoms with Crippen LogP contribution in [0, 0.1) is 11.3 Å². The molecule has 1 N–H and O–H groups in total. The second kappa shape index (κ2) is 2.24. The van der Waals surface area contributed by atoms with Gasteiger partial charge in [-0.25, -0.2) is 0 Å². The van der Waals surface area contributed by atoms with E-state index in [1.807, 2.05) is 6.07 Å². The van der Waals surface area contributed by atoms with Crippen molar-refractivity contribution in [2.45, 2.75) is 0 Å². The largest absolute Gasteiger partial charge is 0.268 e. The third kappa shape index (κ3) is 0.883. The van der Waals surface area contributed by atoms with Crippen LogP contribution in [0.4, 0.5) is 0 Å². The van der Waals surface area contributed by atoms with Gasteiger partial charge in [0.2, 0.25) is 0 Å². The van der Waals surface area contributed by atoms with E-state index in [-0.39, 0.29) is 5.56 Å². The molecule has 0 aliphatic heterocycles. The Morgan fingerprint density at radius 3 is 3.08 bits per heavy atom. The summed E-state index contributed by atoms with van der Waals surface area (Å²) >= 11 is 0. The number of nitrogens with one attached hydrogen (secondary N) is 1. The van der Waals surface area contributed by atoms with E-state index in [9.17, 15) is 4.79 Å². The number of pyridine rings is 1. The Morgan fingerprint density at radius 2 is 2.33 bits per heavy atom. The minimum absolute atomic E-state index is 0.162. The fourth-order valence-corrected chi connectivity index (χ4v) is 1.08. The number of fused-ring (bicyclic) bond motifs is 1. The molecule has 58 valence electrons. The second-order valence-corrected chi connectivity index (χ2v) is 2.44. The zero-order valence-corrected chi connectivity index (χ0v) is 6.11. The third-order valence-corrected chi connectivity index (χ3v) is 1.62. The molecule has 2 aromatic rings. The van der Waals surface area contributed by atoms with Crippen molar-refractivity contribution in [3.63, 3.8) is 0 Å². The quantitative estimate of drug-likeness (QED) is 0.608. The first kappa shape index (κ1) is 6.68. The predicted octanol–water partition coefficient (Wildman–Crippen LogP) is 0.499. The Balaban J connectivity index is 2.85. The second-order valence-electron chi connectivity index (χ2n) is 2.44. The van der Waals surface area contributed by atoms with E-state index in [2.05, 4.69) is 5.10 Å². The predicted molar refractivity (Wildman–Crippen MR) is 42.7 cm³/mol. The molecule has 0 aliphatic rings. The Kier molecular flexibility index (Phi) is 1.25. The van der Waals surface area contributed by atoms with Gasteiger partial charge in [-0.15, -0.1) is 0 Å². The molecule has 4 nitrogen and oxygen atoms in total.